The van der Waals surface area contributed by atoms with Gasteiger partial charge in [0.1, 0.15) is 6.04 Å². The number of amides is 1. The van der Waals surface area contributed by atoms with E-state index < -0.39 is 0 Å². The number of likely N-dealkylation sites (tertiary alicyclic amines) is 1. The van der Waals surface area contributed by atoms with E-state index in [1.165, 1.54) is 0 Å². The molecule has 1 aromatic carbocycles. The van der Waals surface area contributed by atoms with Gasteiger partial charge in [0.2, 0.25) is 0 Å². The second-order valence-electron chi connectivity index (χ2n) is 7.99. The number of carbonyl (C=O) groups is 1. The molecule has 148 valence electrons. The number of hydrogen-bond donors (Lipinski definition) is 0. The van der Waals surface area contributed by atoms with Crippen LogP contribution in [0.3, 0.4) is 0 Å². The van der Waals surface area contributed by atoms with Crippen molar-refractivity contribution in [2.75, 3.05) is 19.6 Å². The summed E-state index contributed by atoms with van der Waals surface area (Å²) in [4.78, 5) is 15.5. The molecule has 0 bridgehead atoms. The monoisotopic (exact) mass is 398 g/mol. The molecule has 0 aliphatic carbocycles. The van der Waals surface area contributed by atoms with Gasteiger partial charge in [0, 0.05) is 35.9 Å². The average molecular weight is 399 g/mol. The third-order valence-electron chi connectivity index (χ3n) is 5.91. The number of benzene rings is 1. The van der Waals surface area contributed by atoms with Crippen molar-refractivity contribution in [1.82, 2.24) is 14.5 Å². The maximum absolute atomic E-state index is 13.2. The van der Waals surface area contributed by atoms with Crippen LogP contribution in [0.4, 0.5) is 0 Å². The van der Waals surface area contributed by atoms with Gasteiger partial charge in [-0.15, -0.1) is 0 Å². The second-order valence-corrected chi connectivity index (χ2v) is 8.39. The molecule has 2 aliphatic heterocycles. The van der Waals surface area contributed by atoms with E-state index in [0.717, 1.165) is 48.8 Å². The standard InChI is InChI=1S/C22H27ClN4O/c1-16-9-12-26(13-10-16)15-22(28)27-21(20-8-5-11-25(20)2)14-19(24-27)17-6-3-4-7-18(17)23/h3-8,11,16,21H,9-10,12-15H2,1-2H3/t21-/m1/s1. The molecular weight excluding hydrogens is 372 g/mol. The molecule has 1 amide bonds. The van der Waals surface area contributed by atoms with Crippen LogP contribution in [0, 0.1) is 5.92 Å². The SMILES string of the molecule is CC1CCN(CC(=O)N2N=C(c3ccccc3Cl)C[C@@H]2c2cccn2C)CC1. The van der Waals surface area contributed by atoms with Gasteiger partial charge in [0.25, 0.3) is 5.91 Å². The summed E-state index contributed by atoms with van der Waals surface area (Å²) in [6, 6.07) is 11.7. The van der Waals surface area contributed by atoms with Gasteiger partial charge in [-0.25, -0.2) is 5.01 Å². The quantitative estimate of drug-likeness (QED) is 0.778. The first-order valence-corrected chi connectivity index (χ1v) is 10.4. The fourth-order valence-electron chi connectivity index (χ4n) is 4.13. The molecule has 1 atom stereocenters. The Labute approximate surface area is 171 Å². The summed E-state index contributed by atoms with van der Waals surface area (Å²) in [5.41, 5.74) is 2.87. The molecule has 6 heteroatoms. The van der Waals surface area contributed by atoms with Crippen molar-refractivity contribution in [3.05, 3.63) is 58.9 Å². The number of rotatable bonds is 4. The summed E-state index contributed by atoms with van der Waals surface area (Å²) >= 11 is 6.41. The molecule has 1 aromatic heterocycles. The first-order valence-electron chi connectivity index (χ1n) is 10.0. The molecule has 2 aromatic rings. The van der Waals surface area contributed by atoms with Gasteiger partial charge in [-0.3, -0.25) is 9.69 Å². The van der Waals surface area contributed by atoms with Crippen molar-refractivity contribution in [3.63, 3.8) is 0 Å². The Kier molecular flexibility index (Phi) is 5.56. The van der Waals surface area contributed by atoms with E-state index in [4.69, 9.17) is 16.7 Å². The van der Waals surface area contributed by atoms with Gasteiger partial charge in [-0.1, -0.05) is 36.7 Å². The number of carbonyl (C=O) groups excluding carboxylic acids is 1. The Morgan fingerprint density at radius 3 is 2.61 bits per heavy atom. The summed E-state index contributed by atoms with van der Waals surface area (Å²) in [5.74, 6) is 0.807. The number of aryl methyl sites for hydroxylation is 1. The molecule has 5 nitrogen and oxygen atoms in total. The van der Waals surface area contributed by atoms with E-state index in [1.54, 1.807) is 5.01 Å². The molecule has 0 saturated carbocycles. The van der Waals surface area contributed by atoms with E-state index in [-0.39, 0.29) is 11.9 Å². The lowest BCUT2D eigenvalue weighted by molar-refractivity contribution is -0.134. The molecule has 28 heavy (non-hydrogen) atoms. The average Bonchev–Trinajstić information content (AvgIpc) is 3.30. The van der Waals surface area contributed by atoms with Crippen LogP contribution in [-0.2, 0) is 11.8 Å². The number of halogens is 1. The first-order chi connectivity index (χ1) is 13.5. The fraction of sp³-hybridized carbons (Fsp3) is 0.455. The number of piperidine rings is 1. The van der Waals surface area contributed by atoms with Crippen LogP contribution < -0.4 is 0 Å². The van der Waals surface area contributed by atoms with E-state index in [2.05, 4.69) is 22.5 Å². The zero-order valence-electron chi connectivity index (χ0n) is 16.5. The minimum Gasteiger partial charge on any atom is -0.353 e. The Balaban J connectivity index is 1.59. The van der Waals surface area contributed by atoms with Crippen molar-refractivity contribution in [2.45, 2.75) is 32.2 Å². The third kappa shape index (κ3) is 3.87. The molecule has 2 aliphatic rings. The second kappa shape index (κ2) is 8.10. The van der Waals surface area contributed by atoms with Crippen molar-refractivity contribution >= 4 is 23.2 Å². The summed E-state index contributed by atoms with van der Waals surface area (Å²) in [5, 5.41) is 7.11. The molecule has 0 N–H and O–H groups in total. The zero-order chi connectivity index (χ0) is 19.7. The van der Waals surface area contributed by atoms with Crippen molar-refractivity contribution in [2.24, 2.45) is 18.1 Å². The predicted molar refractivity (Wildman–Crippen MR) is 112 cm³/mol. The molecule has 1 saturated heterocycles. The Morgan fingerprint density at radius 1 is 1.18 bits per heavy atom. The maximum atomic E-state index is 13.2. The minimum absolute atomic E-state index is 0.0582. The van der Waals surface area contributed by atoms with E-state index in [1.807, 2.05) is 43.6 Å². The number of hydrazone groups is 1. The minimum atomic E-state index is -0.0949. The van der Waals surface area contributed by atoms with Gasteiger partial charge in [-0.2, -0.15) is 5.10 Å². The highest BCUT2D eigenvalue weighted by Gasteiger charge is 2.35. The van der Waals surface area contributed by atoms with Crippen molar-refractivity contribution in [3.8, 4) is 0 Å². The molecule has 3 heterocycles. The van der Waals surface area contributed by atoms with Crippen LogP contribution in [0.5, 0.6) is 0 Å². The first kappa shape index (κ1) is 19.2. The van der Waals surface area contributed by atoms with Crippen LogP contribution >= 0.6 is 11.6 Å². The lowest BCUT2D eigenvalue weighted by Crippen LogP contribution is -2.41. The van der Waals surface area contributed by atoms with Gasteiger partial charge in [-0.05, 0) is 50.0 Å². The number of nitrogens with zero attached hydrogens (tertiary/aromatic N) is 4. The zero-order valence-corrected chi connectivity index (χ0v) is 17.3. The summed E-state index contributed by atoms with van der Waals surface area (Å²) in [6.07, 6.45) is 4.99. The molecule has 1 fully saturated rings. The maximum Gasteiger partial charge on any atom is 0.257 e. The highest BCUT2D eigenvalue weighted by molar-refractivity contribution is 6.34. The molecule has 4 rings (SSSR count). The van der Waals surface area contributed by atoms with E-state index >= 15 is 0 Å². The van der Waals surface area contributed by atoms with E-state index in [0.29, 0.717) is 18.0 Å². The largest absolute Gasteiger partial charge is 0.353 e. The van der Waals surface area contributed by atoms with Crippen LogP contribution in [-0.4, -0.2) is 45.7 Å². The van der Waals surface area contributed by atoms with Crippen LogP contribution in [0.25, 0.3) is 0 Å². The third-order valence-corrected chi connectivity index (χ3v) is 6.24. The topological polar surface area (TPSA) is 40.8 Å². The molecule has 0 spiro atoms. The van der Waals surface area contributed by atoms with Gasteiger partial charge in [0.05, 0.1) is 12.3 Å². The Morgan fingerprint density at radius 2 is 1.93 bits per heavy atom. The van der Waals surface area contributed by atoms with E-state index in [9.17, 15) is 4.79 Å². The normalized spacial score (nSPS) is 21.2. The lowest BCUT2D eigenvalue weighted by Gasteiger charge is -2.31. The fourth-order valence-corrected chi connectivity index (χ4v) is 4.38. The van der Waals surface area contributed by atoms with Crippen molar-refractivity contribution in [1.29, 1.82) is 0 Å². The molecule has 0 radical (unpaired) electrons. The summed E-state index contributed by atoms with van der Waals surface area (Å²) < 4.78 is 2.07. The smallest absolute Gasteiger partial charge is 0.257 e. The van der Waals surface area contributed by atoms with Crippen LogP contribution in [0.1, 0.15) is 43.5 Å². The lowest BCUT2D eigenvalue weighted by atomic mass is 9.99. The van der Waals surface area contributed by atoms with Gasteiger partial charge < -0.3 is 4.57 Å². The molecular formula is C22H27ClN4O. The molecule has 0 unspecified atom stereocenters. The predicted octanol–water partition coefficient (Wildman–Crippen LogP) is 4.09. The van der Waals surface area contributed by atoms with Crippen molar-refractivity contribution < 1.29 is 4.79 Å². The number of hydrogen-bond acceptors (Lipinski definition) is 3. The number of aromatic nitrogens is 1. The van der Waals surface area contributed by atoms with Crippen LogP contribution in [0.15, 0.2) is 47.7 Å². The van der Waals surface area contributed by atoms with Gasteiger partial charge >= 0.3 is 0 Å². The highest BCUT2D eigenvalue weighted by atomic mass is 35.5. The summed E-state index contributed by atoms with van der Waals surface area (Å²) in [7, 11) is 2.01. The Hall–Kier alpha value is -2.11. The van der Waals surface area contributed by atoms with Crippen LogP contribution in [0.2, 0.25) is 5.02 Å². The summed E-state index contributed by atoms with van der Waals surface area (Å²) in [6.45, 7) is 4.67. The Bertz CT molecular complexity index is 882. The highest BCUT2D eigenvalue weighted by Crippen LogP contribution is 2.34. The van der Waals surface area contributed by atoms with Gasteiger partial charge in [0.15, 0.2) is 0 Å².